The molecule has 186 valence electrons. The topological polar surface area (TPSA) is 103 Å². The van der Waals surface area contributed by atoms with Crippen LogP contribution in [0.5, 0.6) is 5.75 Å². The molecule has 0 atom stereocenters. The normalized spacial score (nSPS) is 11.4. The second kappa shape index (κ2) is 9.86. The number of amides is 1. The third kappa shape index (κ3) is 4.57. The Morgan fingerprint density at radius 3 is 2.47 bits per heavy atom. The number of ether oxygens (including phenoxy) is 1. The first-order valence-corrected chi connectivity index (χ1v) is 12.4. The van der Waals surface area contributed by atoms with Gasteiger partial charge < -0.3 is 10.1 Å². The molecule has 0 aliphatic heterocycles. The summed E-state index contributed by atoms with van der Waals surface area (Å²) in [6.07, 6.45) is 4.15. The molecule has 1 amide bonds. The molecule has 2 aromatic carbocycles. The highest BCUT2D eigenvalue weighted by atomic mass is 32.2. The zero-order valence-corrected chi connectivity index (χ0v) is 20.4. The summed E-state index contributed by atoms with van der Waals surface area (Å²) >= 11 is 0. The van der Waals surface area contributed by atoms with Crippen molar-refractivity contribution in [2.75, 3.05) is 7.05 Å². The lowest BCUT2D eigenvalue weighted by Crippen LogP contribution is -2.22. The monoisotopic (exact) mass is 512 g/mol. The molecule has 2 heterocycles. The minimum Gasteiger partial charge on any atom is -0.410 e. The van der Waals surface area contributed by atoms with E-state index < -0.39 is 32.5 Å². The van der Waals surface area contributed by atoms with Gasteiger partial charge in [-0.1, -0.05) is 0 Å². The summed E-state index contributed by atoms with van der Waals surface area (Å²) in [5.74, 6) is -1.92. The van der Waals surface area contributed by atoms with Crippen LogP contribution in [-0.4, -0.2) is 36.3 Å². The fraction of sp³-hybridized carbons (Fsp3) is 0.160. The van der Waals surface area contributed by atoms with E-state index in [-0.39, 0.29) is 27.5 Å². The summed E-state index contributed by atoms with van der Waals surface area (Å²) < 4.78 is 62.9. The second-order valence-electron chi connectivity index (χ2n) is 7.76. The van der Waals surface area contributed by atoms with Gasteiger partial charge in [-0.3, -0.25) is 9.67 Å². The highest BCUT2D eigenvalue weighted by Gasteiger charge is 2.31. The lowest BCUT2D eigenvalue weighted by atomic mass is 9.98. The molecule has 4 aromatic rings. The van der Waals surface area contributed by atoms with Crippen LogP contribution >= 0.6 is 0 Å². The summed E-state index contributed by atoms with van der Waals surface area (Å²) in [6.45, 7) is 3.91. The van der Waals surface area contributed by atoms with Gasteiger partial charge in [0.25, 0.3) is 0 Å². The Bertz CT molecular complexity index is 1550. The lowest BCUT2D eigenvalue weighted by Gasteiger charge is -2.17. The molecule has 0 fully saturated rings. The van der Waals surface area contributed by atoms with Crippen molar-refractivity contribution in [3.05, 3.63) is 78.3 Å². The van der Waals surface area contributed by atoms with Gasteiger partial charge in [-0.2, -0.15) is 5.10 Å². The molecule has 2 aromatic heterocycles. The smallest absolute Gasteiger partial charge is 0.410 e. The van der Waals surface area contributed by atoms with E-state index in [0.29, 0.717) is 23.7 Å². The second-order valence-corrected chi connectivity index (χ2v) is 9.65. The average Bonchev–Trinajstić information content (AvgIpc) is 3.31. The summed E-state index contributed by atoms with van der Waals surface area (Å²) in [4.78, 5) is 14.8. The van der Waals surface area contributed by atoms with Gasteiger partial charge in [0, 0.05) is 48.9 Å². The van der Waals surface area contributed by atoms with Crippen LogP contribution in [0.25, 0.3) is 22.4 Å². The lowest BCUT2D eigenvalue weighted by molar-refractivity contribution is 0.202. The SMILES string of the molecule is CCn1cc(-c2ccncc2)c(-c2c(S(=O)(=O)c3cc(F)ccc3F)ccc(OC(=O)NC)c2C)n1. The summed E-state index contributed by atoms with van der Waals surface area (Å²) in [7, 11) is -3.19. The minimum atomic E-state index is -4.57. The molecule has 11 heteroatoms. The first-order valence-electron chi connectivity index (χ1n) is 10.9. The van der Waals surface area contributed by atoms with Gasteiger partial charge in [0.15, 0.2) is 0 Å². The number of carbonyl (C=O) groups excluding carboxylic acids is 1. The van der Waals surface area contributed by atoms with Crippen molar-refractivity contribution >= 4 is 15.9 Å². The van der Waals surface area contributed by atoms with Crippen LogP contribution in [0.4, 0.5) is 13.6 Å². The van der Waals surface area contributed by atoms with Gasteiger partial charge >= 0.3 is 6.09 Å². The Hall–Kier alpha value is -4.12. The number of nitrogens with zero attached hydrogens (tertiary/aromatic N) is 3. The van der Waals surface area contributed by atoms with E-state index in [1.165, 1.54) is 19.2 Å². The molecule has 4 rings (SSSR count). The van der Waals surface area contributed by atoms with Crippen molar-refractivity contribution in [3.63, 3.8) is 0 Å². The van der Waals surface area contributed by atoms with Gasteiger partial charge in [0.1, 0.15) is 28.0 Å². The average molecular weight is 513 g/mol. The zero-order chi connectivity index (χ0) is 26.0. The quantitative estimate of drug-likeness (QED) is 0.399. The fourth-order valence-electron chi connectivity index (χ4n) is 3.76. The first-order chi connectivity index (χ1) is 17.2. The Balaban J connectivity index is 2.07. The number of carbonyl (C=O) groups is 1. The number of aromatic nitrogens is 3. The molecule has 0 spiro atoms. The number of hydrogen-bond acceptors (Lipinski definition) is 6. The molecular formula is C25H22F2N4O4S. The van der Waals surface area contributed by atoms with E-state index in [1.807, 2.05) is 6.92 Å². The molecule has 1 N–H and O–H groups in total. The maximum absolute atomic E-state index is 14.6. The number of halogens is 2. The Kier molecular flexibility index (Phi) is 6.84. The van der Waals surface area contributed by atoms with Crippen LogP contribution in [0.2, 0.25) is 0 Å². The molecule has 0 aliphatic rings. The summed E-state index contributed by atoms with van der Waals surface area (Å²) in [5, 5.41) is 6.93. The van der Waals surface area contributed by atoms with Crippen molar-refractivity contribution in [3.8, 4) is 28.1 Å². The van der Waals surface area contributed by atoms with Crippen LogP contribution in [-0.2, 0) is 16.4 Å². The Morgan fingerprint density at radius 1 is 1.08 bits per heavy atom. The van der Waals surface area contributed by atoms with Crippen LogP contribution in [0.15, 0.2) is 70.8 Å². The Morgan fingerprint density at radius 2 is 1.81 bits per heavy atom. The van der Waals surface area contributed by atoms with Gasteiger partial charge in [-0.05, 0) is 61.9 Å². The molecule has 0 saturated heterocycles. The third-order valence-corrected chi connectivity index (χ3v) is 7.38. The molecule has 8 nitrogen and oxygen atoms in total. The van der Waals surface area contributed by atoms with Crippen molar-refractivity contribution in [1.29, 1.82) is 0 Å². The number of rotatable bonds is 6. The molecule has 0 bridgehead atoms. The molecule has 0 saturated carbocycles. The van der Waals surface area contributed by atoms with E-state index in [1.54, 1.807) is 42.3 Å². The number of hydrogen-bond donors (Lipinski definition) is 1. The number of aryl methyl sites for hydroxylation is 1. The maximum Gasteiger partial charge on any atom is 0.412 e. The Labute approximate surface area is 206 Å². The van der Waals surface area contributed by atoms with Gasteiger partial charge in [-0.25, -0.2) is 22.0 Å². The molecule has 0 unspecified atom stereocenters. The number of pyridine rings is 1. The number of nitrogens with one attached hydrogen (secondary N) is 1. The van der Waals surface area contributed by atoms with Crippen LogP contribution in [0, 0.1) is 18.6 Å². The first kappa shape index (κ1) is 25.0. The fourth-order valence-corrected chi connectivity index (χ4v) is 5.35. The van der Waals surface area contributed by atoms with Gasteiger partial charge in [0.2, 0.25) is 9.84 Å². The van der Waals surface area contributed by atoms with Gasteiger partial charge in [-0.15, -0.1) is 0 Å². The standard InChI is InChI=1S/C25H22F2N4O4S/c1-4-31-14-18(16-9-11-29-12-10-16)24(30-31)23-15(2)20(35-25(32)28-3)7-8-21(23)36(33,34)22-13-17(26)5-6-19(22)27/h5-14H,4H2,1-3H3,(H,28,32). The number of sulfone groups is 1. The predicted molar refractivity (Wildman–Crippen MR) is 128 cm³/mol. The van der Waals surface area contributed by atoms with E-state index in [9.17, 15) is 22.0 Å². The van der Waals surface area contributed by atoms with Gasteiger partial charge in [0.05, 0.1) is 4.90 Å². The van der Waals surface area contributed by atoms with Crippen molar-refractivity contribution in [2.24, 2.45) is 0 Å². The largest absolute Gasteiger partial charge is 0.412 e. The van der Waals surface area contributed by atoms with Crippen LogP contribution in [0.1, 0.15) is 12.5 Å². The van der Waals surface area contributed by atoms with E-state index >= 15 is 0 Å². The van der Waals surface area contributed by atoms with E-state index in [4.69, 9.17) is 4.74 Å². The molecule has 36 heavy (non-hydrogen) atoms. The highest BCUT2D eigenvalue weighted by Crippen LogP contribution is 2.42. The third-order valence-electron chi connectivity index (χ3n) is 5.57. The molecule has 0 aliphatic carbocycles. The predicted octanol–water partition coefficient (Wildman–Crippen LogP) is 4.77. The van der Waals surface area contributed by atoms with Crippen molar-refractivity contribution < 1.29 is 26.7 Å². The highest BCUT2D eigenvalue weighted by molar-refractivity contribution is 7.91. The van der Waals surface area contributed by atoms with Crippen molar-refractivity contribution in [2.45, 2.75) is 30.2 Å². The van der Waals surface area contributed by atoms with E-state index in [0.717, 1.165) is 12.1 Å². The minimum absolute atomic E-state index is 0.0785. The zero-order valence-electron chi connectivity index (χ0n) is 19.6. The number of benzene rings is 2. The van der Waals surface area contributed by atoms with E-state index in [2.05, 4.69) is 15.4 Å². The molecule has 0 radical (unpaired) electrons. The molecular weight excluding hydrogens is 490 g/mol. The van der Waals surface area contributed by atoms with Crippen LogP contribution in [0.3, 0.4) is 0 Å². The van der Waals surface area contributed by atoms with Crippen LogP contribution < -0.4 is 10.1 Å². The van der Waals surface area contributed by atoms with Crippen molar-refractivity contribution in [1.82, 2.24) is 20.1 Å². The maximum atomic E-state index is 14.6. The summed E-state index contributed by atoms with van der Waals surface area (Å²) in [5.41, 5.74) is 1.91. The summed E-state index contributed by atoms with van der Waals surface area (Å²) in [6, 6.07) is 8.19.